The molecular formula is C16H28F3N. The highest BCUT2D eigenvalue weighted by Crippen LogP contribution is 2.45. The molecule has 20 heavy (non-hydrogen) atoms. The topological polar surface area (TPSA) is 12.0 Å². The first kappa shape index (κ1) is 16.1. The van der Waals surface area contributed by atoms with Crippen LogP contribution in [0.3, 0.4) is 0 Å². The molecule has 4 heteroatoms. The average molecular weight is 291 g/mol. The summed E-state index contributed by atoms with van der Waals surface area (Å²) < 4.78 is 39.8. The second kappa shape index (κ2) is 7.15. The van der Waals surface area contributed by atoms with Crippen molar-refractivity contribution in [1.29, 1.82) is 0 Å². The van der Waals surface area contributed by atoms with E-state index < -0.39 is 12.1 Å². The first-order valence-electron chi connectivity index (χ1n) is 8.32. The maximum Gasteiger partial charge on any atom is 0.392 e. The van der Waals surface area contributed by atoms with E-state index in [-0.39, 0.29) is 12.0 Å². The number of nitrogens with one attached hydrogen (secondary N) is 1. The second-order valence-electron chi connectivity index (χ2n) is 6.69. The first-order chi connectivity index (χ1) is 9.52. The summed E-state index contributed by atoms with van der Waals surface area (Å²) in [6, 6.07) is 0.0761. The molecule has 0 amide bonds. The van der Waals surface area contributed by atoms with Gasteiger partial charge in [0.2, 0.25) is 0 Å². The van der Waals surface area contributed by atoms with E-state index in [1.165, 1.54) is 19.3 Å². The van der Waals surface area contributed by atoms with Gasteiger partial charge in [-0.05, 0) is 44.1 Å². The fourth-order valence-corrected chi connectivity index (χ4v) is 3.87. The van der Waals surface area contributed by atoms with Gasteiger partial charge in [-0.25, -0.2) is 0 Å². The molecule has 0 bridgehead atoms. The largest absolute Gasteiger partial charge is 0.392 e. The molecule has 3 atom stereocenters. The molecule has 2 aliphatic carbocycles. The van der Waals surface area contributed by atoms with Gasteiger partial charge >= 0.3 is 6.18 Å². The lowest BCUT2D eigenvalue weighted by atomic mass is 9.70. The Hall–Kier alpha value is -0.250. The zero-order valence-corrected chi connectivity index (χ0v) is 12.5. The van der Waals surface area contributed by atoms with Crippen LogP contribution in [0, 0.1) is 17.8 Å². The van der Waals surface area contributed by atoms with Crippen LogP contribution in [-0.2, 0) is 0 Å². The summed E-state index contributed by atoms with van der Waals surface area (Å²) in [5.74, 6) is -0.609. The normalized spacial score (nSPS) is 30.0. The molecule has 0 radical (unpaired) electrons. The number of hydrogen-bond donors (Lipinski definition) is 1. The number of alkyl halides is 3. The molecule has 3 unspecified atom stereocenters. The van der Waals surface area contributed by atoms with E-state index in [1.807, 2.05) is 0 Å². The van der Waals surface area contributed by atoms with Crippen molar-refractivity contribution in [2.24, 2.45) is 17.8 Å². The Morgan fingerprint density at radius 2 is 1.75 bits per heavy atom. The maximum atomic E-state index is 13.3. The molecule has 1 nitrogen and oxygen atoms in total. The van der Waals surface area contributed by atoms with Crippen LogP contribution in [0.25, 0.3) is 0 Å². The third kappa shape index (κ3) is 4.12. The van der Waals surface area contributed by atoms with Gasteiger partial charge in [0.1, 0.15) is 0 Å². The van der Waals surface area contributed by atoms with Crippen molar-refractivity contribution in [2.45, 2.75) is 76.9 Å². The first-order valence-corrected chi connectivity index (χ1v) is 8.32. The summed E-state index contributed by atoms with van der Waals surface area (Å²) in [5, 5.41) is 3.44. The quantitative estimate of drug-likeness (QED) is 0.733. The molecule has 118 valence electrons. The summed E-state index contributed by atoms with van der Waals surface area (Å²) in [6.07, 6.45) is 4.41. The zero-order chi connectivity index (χ0) is 14.6. The molecule has 0 aromatic rings. The van der Waals surface area contributed by atoms with E-state index in [2.05, 4.69) is 12.2 Å². The maximum absolute atomic E-state index is 13.3. The summed E-state index contributed by atoms with van der Waals surface area (Å²) in [7, 11) is 0. The fourth-order valence-electron chi connectivity index (χ4n) is 3.87. The van der Waals surface area contributed by atoms with Gasteiger partial charge in [0.15, 0.2) is 0 Å². The Morgan fingerprint density at radius 1 is 1.05 bits per heavy atom. The molecule has 2 saturated carbocycles. The number of rotatable bonds is 6. The Labute approximate surface area is 120 Å². The summed E-state index contributed by atoms with van der Waals surface area (Å²) in [6.45, 7) is 2.92. The van der Waals surface area contributed by atoms with Crippen LogP contribution in [-0.4, -0.2) is 18.8 Å². The Kier molecular flexibility index (Phi) is 5.76. The van der Waals surface area contributed by atoms with Crippen molar-refractivity contribution in [1.82, 2.24) is 5.32 Å². The molecule has 1 N–H and O–H groups in total. The van der Waals surface area contributed by atoms with E-state index >= 15 is 0 Å². The van der Waals surface area contributed by atoms with Crippen LogP contribution >= 0.6 is 0 Å². The van der Waals surface area contributed by atoms with Gasteiger partial charge in [-0.3, -0.25) is 0 Å². The molecule has 0 aromatic heterocycles. The highest BCUT2D eigenvalue weighted by Gasteiger charge is 2.48. The molecule has 0 aliphatic heterocycles. The second-order valence-corrected chi connectivity index (χ2v) is 6.69. The van der Waals surface area contributed by atoms with E-state index in [1.54, 1.807) is 0 Å². The third-order valence-corrected chi connectivity index (χ3v) is 5.23. The predicted molar refractivity (Wildman–Crippen MR) is 75.5 cm³/mol. The van der Waals surface area contributed by atoms with Crippen molar-refractivity contribution >= 4 is 0 Å². The van der Waals surface area contributed by atoms with Gasteiger partial charge in [-0.2, -0.15) is 13.2 Å². The average Bonchev–Trinajstić information content (AvgIpc) is 2.36. The van der Waals surface area contributed by atoms with E-state index in [0.717, 1.165) is 38.6 Å². The molecule has 2 aliphatic rings. The van der Waals surface area contributed by atoms with E-state index in [0.29, 0.717) is 12.3 Å². The van der Waals surface area contributed by atoms with Crippen molar-refractivity contribution in [2.75, 3.05) is 6.54 Å². The summed E-state index contributed by atoms with van der Waals surface area (Å²) >= 11 is 0. The Balaban J connectivity index is 2.02. The standard InChI is InChI=1S/C16H28F3N/c1-2-10-20-15(11-12-6-5-7-12)13-8-3-4-9-14(13)16(17,18)19/h12-15,20H,2-11H2,1H3. The monoisotopic (exact) mass is 291 g/mol. The molecule has 2 fully saturated rings. The lowest BCUT2D eigenvalue weighted by molar-refractivity contribution is -0.200. The number of hydrogen-bond acceptors (Lipinski definition) is 1. The SMILES string of the molecule is CCCNC(CC1CCC1)C1CCCCC1C(F)(F)F. The van der Waals surface area contributed by atoms with Crippen molar-refractivity contribution in [3.8, 4) is 0 Å². The van der Waals surface area contributed by atoms with Crippen molar-refractivity contribution in [3.63, 3.8) is 0 Å². The smallest absolute Gasteiger partial charge is 0.314 e. The van der Waals surface area contributed by atoms with Crippen LogP contribution < -0.4 is 5.32 Å². The summed E-state index contributed by atoms with van der Waals surface area (Å²) in [4.78, 5) is 0. The van der Waals surface area contributed by atoms with Gasteiger partial charge in [0.25, 0.3) is 0 Å². The number of halogens is 3. The molecular weight excluding hydrogens is 263 g/mol. The van der Waals surface area contributed by atoms with Gasteiger partial charge in [-0.15, -0.1) is 0 Å². The van der Waals surface area contributed by atoms with Crippen LogP contribution in [0.2, 0.25) is 0 Å². The lowest BCUT2D eigenvalue weighted by Crippen LogP contribution is -2.47. The Morgan fingerprint density at radius 3 is 2.30 bits per heavy atom. The van der Waals surface area contributed by atoms with Crippen LogP contribution in [0.15, 0.2) is 0 Å². The molecule has 0 aromatic carbocycles. The minimum Gasteiger partial charge on any atom is -0.314 e. The minimum atomic E-state index is -4.02. The summed E-state index contributed by atoms with van der Waals surface area (Å²) in [5.41, 5.74) is 0. The molecule has 2 rings (SSSR count). The van der Waals surface area contributed by atoms with Crippen LogP contribution in [0.4, 0.5) is 13.2 Å². The fraction of sp³-hybridized carbons (Fsp3) is 1.00. The molecule has 0 saturated heterocycles. The molecule has 0 spiro atoms. The van der Waals surface area contributed by atoms with E-state index in [9.17, 15) is 13.2 Å². The lowest BCUT2D eigenvalue weighted by Gasteiger charge is -2.41. The van der Waals surface area contributed by atoms with Crippen molar-refractivity contribution < 1.29 is 13.2 Å². The highest BCUT2D eigenvalue weighted by atomic mass is 19.4. The molecule has 0 heterocycles. The van der Waals surface area contributed by atoms with Gasteiger partial charge in [-0.1, -0.05) is 39.0 Å². The highest BCUT2D eigenvalue weighted by molar-refractivity contribution is 4.90. The third-order valence-electron chi connectivity index (χ3n) is 5.23. The Bertz CT molecular complexity index is 286. The predicted octanol–water partition coefficient (Wildman–Crippen LogP) is 4.91. The van der Waals surface area contributed by atoms with Crippen LogP contribution in [0.1, 0.15) is 64.7 Å². The minimum absolute atomic E-state index is 0.0761. The van der Waals surface area contributed by atoms with Gasteiger partial charge in [0, 0.05) is 6.04 Å². The van der Waals surface area contributed by atoms with Crippen molar-refractivity contribution in [3.05, 3.63) is 0 Å². The van der Waals surface area contributed by atoms with Gasteiger partial charge < -0.3 is 5.32 Å². The van der Waals surface area contributed by atoms with E-state index in [4.69, 9.17) is 0 Å². The van der Waals surface area contributed by atoms with Crippen LogP contribution in [0.5, 0.6) is 0 Å². The van der Waals surface area contributed by atoms with Gasteiger partial charge in [0.05, 0.1) is 5.92 Å². The zero-order valence-electron chi connectivity index (χ0n) is 12.5.